The summed E-state index contributed by atoms with van der Waals surface area (Å²) in [5.74, 6) is 0. The van der Waals surface area contributed by atoms with E-state index < -0.39 is 17.1 Å². The summed E-state index contributed by atoms with van der Waals surface area (Å²) in [6, 6.07) is 0. The Morgan fingerprint density at radius 3 is 1.55 bits per heavy atom. The second-order valence-corrected chi connectivity index (χ2v) is 8.47. The van der Waals surface area contributed by atoms with Gasteiger partial charge in [-0.3, -0.25) is 0 Å². The third-order valence-electron chi connectivity index (χ3n) is 1.17. The molecule has 2 unspecified atom stereocenters. The van der Waals surface area contributed by atoms with Gasteiger partial charge in [0.2, 0.25) is 0 Å². The molecule has 11 heavy (non-hydrogen) atoms. The molecule has 0 aromatic heterocycles. The molecule has 0 spiro atoms. The highest BCUT2D eigenvalue weighted by atomic mass is 28.5. The highest BCUT2D eigenvalue weighted by molar-refractivity contribution is 6.83. The molecule has 0 aliphatic heterocycles. The zero-order valence-electron chi connectivity index (χ0n) is 6.87. The van der Waals surface area contributed by atoms with Crippen molar-refractivity contribution < 1.29 is 13.7 Å². The molecule has 0 saturated carbocycles. The van der Waals surface area contributed by atoms with Crippen LogP contribution in [0, 0.1) is 0 Å². The number of rotatable bonds is 4. The maximum atomic E-state index is 9.42. The summed E-state index contributed by atoms with van der Waals surface area (Å²) in [6.07, 6.45) is 0. The van der Waals surface area contributed by atoms with Crippen LogP contribution in [0.2, 0.25) is 13.1 Å². The van der Waals surface area contributed by atoms with E-state index in [9.17, 15) is 9.59 Å². The molecule has 2 N–H and O–H groups in total. The Morgan fingerprint density at radius 1 is 1.09 bits per heavy atom. The van der Waals surface area contributed by atoms with Crippen molar-refractivity contribution in [3.63, 3.8) is 0 Å². The van der Waals surface area contributed by atoms with Gasteiger partial charge in [-0.15, -0.1) is 13.2 Å². The van der Waals surface area contributed by atoms with Gasteiger partial charge in [0, 0.05) is 0 Å². The minimum atomic E-state index is -2.83. The van der Waals surface area contributed by atoms with Gasteiger partial charge in [-0.05, 0) is 13.1 Å². The summed E-state index contributed by atoms with van der Waals surface area (Å²) in [5.41, 5.74) is 2.72. The fourth-order valence-electron chi connectivity index (χ4n) is 0.502. The zero-order valence-corrected chi connectivity index (χ0v) is 8.87. The molecule has 0 saturated heterocycles. The average Bonchev–Trinajstić information content (AvgIpc) is 1.86. The first-order valence-electron chi connectivity index (χ1n) is 3.25. The van der Waals surface area contributed by atoms with Gasteiger partial charge < -0.3 is 13.7 Å². The van der Waals surface area contributed by atoms with Crippen molar-refractivity contribution in [2.45, 2.75) is 13.1 Å². The molecule has 0 radical (unpaired) electrons. The van der Waals surface area contributed by atoms with Crippen LogP contribution in [0.1, 0.15) is 0 Å². The van der Waals surface area contributed by atoms with Crippen LogP contribution in [0.5, 0.6) is 0 Å². The van der Waals surface area contributed by atoms with Crippen LogP contribution in [0.25, 0.3) is 0 Å². The normalized spacial score (nSPS) is 21.5. The lowest BCUT2D eigenvalue weighted by atomic mass is 11.3. The van der Waals surface area contributed by atoms with E-state index >= 15 is 0 Å². The summed E-state index contributed by atoms with van der Waals surface area (Å²) in [6.45, 7) is 9.92. The van der Waals surface area contributed by atoms with Crippen molar-refractivity contribution in [2.24, 2.45) is 0 Å². The first kappa shape index (κ1) is 10.8. The van der Waals surface area contributed by atoms with Crippen molar-refractivity contribution >= 4 is 17.1 Å². The van der Waals surface area contributed by atoms with Crippen molar-refractivity contribution in [2.75, 3.05) is 0 Å². The minimum Gasteiger partial charge on any atom is -0.409 e. The van der Waals surface area contributed by atoms with Crippen LogP contribution in [0.15, 0.2) is 24.6 Å². The van der Waals surface area contributed by atoms with Crippen LogP contribution < -0.4 is 0 Å². The molecule has 0 aliphatic carbocycles. The van der Waals surface area contributed by atoms with Crippen LogP contribution in [-0.2, 0) is 4.12 Å². The van der Waals surface area contributed by atoms with Crippen LogP contribution in [0.3, 0.4) is 0 Å². The van der Waals surface area contributed by atoms with Gasteiger partial charge in [-0.2, -0.15) is 0 Å². The van der Waals surface area contributed by atoms with Gasteiger partial charge in [-0.25, -0.2) is 0 Å². The second-order valence-electron chi connectivity index (χ2n) is 2.62. The molecule has 0 fully saturated rings. The van der Waals surface area contributed by atoms with E-state index in [4.69, 9.17) is 4.12 Å². The minimum absolute atomic E-state index is 1.36. The molecule has 0 bridgehead atoms. The predicted octanol–water partition coefficient (Wildman–Crippen LogP) is 0.582. The van der Waals surface area contributed by atoms with E-state index in [1.165, 1.54) is 11.4 Å². The summed E-state index contributed by atoms with van der Waals surface area (Å²) in [5, 5.41) is 0. The van der Waals surface area contributed by atoms with Crippen LogP contribution in [-0.4, -0.2) is 26.7 Å². The molecule has 0 amide bonds. The molecule has 0 heterocycles. The van der Waals surface area contributed by atoms with Crippen molar-refractivity contribution in [1.29, 1.82) is 0 Å². The Balaban J connectivity index is 4.23. The number of hydrogen-bond acceptors (Lipinski definition) is 3. The highest BCUT2D eigenvalue weighted by Crippen LogP contribution is 2.10. The van der Waals surface area contributed by atoms with Crippen molar-refractivity contribution in [3.8, 4) is 0 Å². The fraction of sp³-hybridized carbons (Fsp3) is 0.333. The van der Waals surface area contributed by atoms with Gasteiger partial charge in [-0.1, -0.05) is 11.4 Å². The molecule has 3 nitrogen and oxygen atoms in total. The topological polar surface area (TPSA) is 49.7 Å². The standard InChI is InChI=1S/C6H14O3Si2/c1-5-10(3,7)9-11(4,8)6-2/h5-8H,1-2H2,3-4H3. The van der Waals surface area contributed by atoms with E-state index in [1.54, 1.807) is 13.1 Å². The summed E-state index contributed by atoms with van der Waals surface area (Å²) >= 11 is 0. The summed E-state index contributed by atoms with van der Waals surface area (Å²) in [7, 11) is -5.66. The zero-order chi connectivity index (χ0) is 9.12. The first-order chi connectivity index (χ1) is 4.83. The fourth-order valence-corrected chi connectivity index (χ4v) is 4.52. The lowest BCUT2D eigenvalue weighted by Crippen LogP contribution is -2.46. The summed E-state index contributed by atoms with van der Waals surface area (Å²) < 4.78 is 5.08. The first-order valence-corrected chi connectivity index (χ1v) is 8.11. The SMILES string of the molecule is C=C[Si](C)(O)O[Si](C)(O)C=C. The quantitative estimate of drug-likeness (QED) is 0.638. The molecule has 0 aromatic carbocycles. The van der Waals surface area contributed by atoms with Gasteiger partial charge in [0.15, 0.2) is 0 Å². The molecule has 5 heteroatoms. The Morgan fingerprint density at radius 2 is 1.36 bits per heavy atom. The van der Waals surface area contributed by atoms with Gasteiger partial charge in [0.1, 0.15) is 0 Å². The maximum Gasteiger partial charge on any atom is 0.349 e. The average molecular weight is 190 g/mol. The summed E-state index contributed by atoms with van der Waals surface area (Å²) in [4.78, 5) is 18.8. The Hall–Kier alpha value is -0.206. The van der Waals surface area contributed by atoms with Gasteiger partial charge in [0.25, 0.3) is 0 Å². The van der Waals surface area contributed by atoms with E-state index in [2.05, 4.69) is 13.2 Å². The Kier molecular flexibility index (Phi) is 3.40. The second kappa shape index (κ2) is 3.46. The van der Waals surface area contributed by atoms with Gasteiger partial charge >= 0.3 is 17.1 Å². The lowest BCUT2D eigenvalue weighted by molar-refractivity contribution is 0.332. The van der Waals surface area contributed by atoms with Crippen LogP contribution in [0.4, 0.5) is 0 Å². The van der Waals surface area contributed by atoms with Crippen molar-refractivity contribution in [1.82, 2.24) is 0 Å². The number of hydrogen-bond donors (Lipinski definition) is 2. The smallest absolute Gasteiger partial charge is 0.349 e. The molecule has 64 valence electrons. The Labute approximate surface area is 69.1 Å². The van der Waals surface area contributed by atoms with Crippen LogP contribution >= 0.6 is 0 Å². The monoisotopic (exact) mass is 190 g/mol. The maximum absolute atomic E-state index is 9.42. The largest absolute Gasteiger partial charge is 0.409 e. The van der Waals surface area contributed by atoms with E-state index in [0.717, 1.165) is 0 Å². The highest BCUT2D eigenvalue weighted by Gasteiger charge is 2.34. The predicted molar refractivity (Wildman–Crippen MR) is 49.2 cm³/mol. The van der Waals surface area contributed by atoms with E-state index in [1.807, 2.05) is 0 Å². The third kappa shape index (κ3) is 4.28. The van der Waals surface area contributed by atoms with E-state index in [0.29, 0.717) is 0 Å². The van der Waals surface area contributed by atoms with Crippen molar-refractivity contribution in [3.05, 3.63) is 24.6 Å². The third-order valence-corrected chi connectivity index (χ3v) is 5.99. The molecular formula is C6H14O3Si2. The molecule has 2 atom stereocenters. The van der Waals surface area contributed by atoms with E-state index in [-0.39, 0.29) is 0 Å². The lowest BCUT2D eigenvalue weighted by Gasteiger charge is -2.24. The molecule has 0 rings (SSSR count). The Bertz CT molecular complexity index is 147. The van der Waals surface area contributed by atoms with Gasteiger partial charge in [0.05, 0.1) is 0 Å². The molecule has 0 aliphatic rings. The molecular weight excluding hydrogens is 176 g/mol. The molecule has 0 aromatic rings.